The van der Waals surface area contributed by atoms with Gasteiger partial charge in [0, 0.05) is 0 Å². The Morgan fingerprint density at radius 3 is 1.20 bits per heavy atom. The fourth-order valence-corrected chi connectivity index (χ4v) is 0. The van der Waals surface area contributed by atoms with Gasteiger partial charge in [-0.2, -0.15) is 0 Å². The molecule has 0 unspecified atom stereocenters. The van der Waals surface area contributed by atoms with Crippen molar-refractivity contribution in [2.75, 3.05) is 0 Å². The summed E-state index contributed by atoms with van der Waals surface area (Å²) < 4.78 is 16.7. The third-order valence-electron chi connectivity index (χ3n) is 0. The molecule has 0 radical (unpaired) electrons. The number of hydrogen-bond donors (Lipinski definition) is 0. The van der Waals surface area contributed by atoms with Crippen molar-refractivity contribution in [3.63, 3.8) is 0 Å². The molecule has 0 aliphatic heterocycles. The molecule has 0 bridgehead atoms. The van der Waals surface area contributed by atoms with Crippen LogP contribution in [0.25, 0.3) is 0 Å². The molecule has 0 heterocycles. The highest BCUT2D eigenvalue weighted by atomic mass is 32.1. The molecule has 0 rings (SSSR count). The van der Waals surface area contributed by atoms with Gasteiger partial charge in [0.1, 0.15) is 0 Å². The van der Waals surface area contributed by atoms with Gasteiger partial charge in [0.15, 0.2) is 0 Å². The smallest absolute Gasteiger partial charge is 0.0683 e. The van der Waals surface area contributed by atoms with E-state index in [4.69, 9.17) is 8.42 Å². The van der Waals surface area contributed by atoms with E-state index < -0.39 is 11.6 Å². The predicted molar refractivity (Wildman–Crippen MR) is 21.5 cm³/mol. The van der Waals surface area contributed by atoms with E-state index in [0.717, 1.165) is 0 Å². The normalized spacial score (nSPS) is 4.40. The summed E-state index contributed by atoms with van der Waals surface area (Å²) in [6.07, 6.45) is 0. The standard InChI is InChI=1S/C2H6.HO2S/c1-2;1-3-2/h1-2H3;3H/q;-1. The monoisotopic (exact) mass is 95.0 g/mol. The lowest BCUT2D eigenvalue weighted by molar-refractivity contribution is 0.541. The van der Waals surface area contributed by atoms with Gasteiger partial charge < -0.3 is 8.42 Å². The van der Waals surface area contributed by atoms with Crippen LogP contribution in [0.1, 0.15) is 13.8 Å². The first-order chi connectivity index (χ1) is 2.41. The molecular formula is C2H7O2S-. The highest BCUT2D eigenvalue weighted by molar-refractivity contribution is 7.51. The summed E-state index contributed by atoms with van der Waals surface area (Å²) in [6, 6.07) is 0. The fourth-order valence-electron chi connectivity index (χ4n) is 0. The van der Waals surface area contributed by atoms with Gasteiger partial charge in [0.2, 0.25) is 0 Å². The zero-order valence-electron chi connectivity index (χ0n) is 3.26. The van der Waals surface area contributed by atoms with Crippen LogP contribution in [0.4, 0.5) is 0 Å². The molecule has 0 aliphatic carbocycles. The van der Waals surface area contributed by atoms with E-state index in [1.54, 1.807) is 0 Å². The second-order valence-electron chi connectivity index (χ2n) is 0.0745. The molecule has 0 aliphatic rings. The molecule has 0 saturated carbocycles. The summed E-state index contributed by atoms with van der Waals surface area (Å²) in [6.45, 7) is 4.00. The second-order valence-corrected chi connectivity index (χ2v) is 0.224. The lowest BCUT2D eigenvalue weighted by Crippen LogP contribution is -1.06. The SMILES string of the molecule is CC.O=[SH-]=O. The van der Waals surface area contributed by atoms with Gasteiger partial charge in [-0.1, -0.05) is 25.4 Å². The molecule has 5 heavy (non-hydrogen) atoms. The minimum Gasteiger partial charge on any atom is -0.427 e. The molecule has 0 fully saturated rings. The molecule has 0 amide bonds. The average Bonchev–Trinajstić information content (AvgIpc) is 1.46. The van der Waals surface area contributed by atoms with Gasteiger partial charge in [0.25, 0.3) is 0 Å². The van der Waals surface area contributed by atoms with Gasteiger partial charge >= 0.3 is 0 Å². The van der Waals surface area contributed by atoms with E-state index in [0.29, 0.717) is 0 Å². The zero-order chi connectivity index (χ0) is 4.71. The first-order valence-electron chi connectivity index (χ1n) is 1.37. The van der Waals surface area contributed by atoms with Crippen LogP contribution < -0.4 is 0 Å². The van der Waals surface area contributed by atoms with Crippen molar-refractivity contribution < 1.29 is 8.42 Å². The van der Waals surface area contributed by atoms with Crippen LogP contribution in [-0.2, 0) is 20.0 Å². The van der Waals surface area contributed by atoms with Crippen LogP contribution in [0, 0.1) is 0 Å². The zero-order valence-corrected chi connectivity index (χ0v) is 4.16. The molecule has 0 N–H and O–H groups in total. The van der Waals surface area contributed by atoms with Gasteiger partial charge in [0.05, 0.1) is 0 Å². The number of hydrogen-bond acceptors (Lipinski definition) is 3. The van der Waals surface area contributed by atoms with Gasteiger partial charge in [-0.05, 0) is 0 Å². The molecule has 0 atom stereocenters. The van der Waals surface area contributed by atoms with Crippen LogP contribution in [0.2, 0.25) is 0 Å². The van der Waals surface area contributed by atoms with Crippen LogP contribution in [0.5, 0.6) is 0 Å². The van der Waals surface area contributed by atoms with Crippen molar-refractivity contribution in [1.82, 2.24) is 0 Å². The Bertz CT molecular complexity index is 28.6. The van der Waals surface area contributed by atoms with E-state index in [-0.39, 0.29) is 0 Å². The maximum absolute atomic E-state index is 8.35. The van der Waals surface area contributed by atoms with E-state index in [1.807, 2.05) is 13.8 Å². The van der Waals surface area contributed by atoms with Crippen molar-refractivity contribution in [3.8, 4) is 0 Å². The Morgan fingerprint density at radius 2 is 1.20 bits per heavy atom. The van der Waals surface area contributed by atoms with Crippen LogP contribution in [0.3, 0.4) is 0 Å². The maximum Gasteiger partial charge on any atom is -0.0683 e. The Hall–Kier alpha value is -0.0500. The Kier molecular flexibility index (Phi) is 67.6. The van der Waals surface area contributed by atoms with Crippen LogP contribution in [0.15, 0.2) is 0 Å². The topological polar surface area (TPSA) is 34.1 Å². The van der Waals surface area contributed by atoms with Crippen molar-refractivity contribution in [3.05, 3.63) is 0 Å². The van der Waals surface area contributed by atoms with E-state index in [2.05, 4.69) is 0 Å². The summed E-state index contributed by atoms with van der Waals surface area (Å²) >= 11 is -1.08. The van der Waals surface area contributed by atoms with Gasteiger partial charge in [-0.15, -0.1) is 0 Å². The van der Waals surface area contributed by atoms with Crippen LogP contribution in [-0.4, -0.2) is 0 Å². The first kappa shape index (κ1) is 8.87. The highest BCUT2D eigenvalue weighted by Crippen LogP contribution is 1.14. The molecule has 0 saturated heterocycles. The largest absolute Gasteiger partial charge is 0.427 e. The highest BCUT2D eigenvalue weighted by Gasteiger charge is 0.932. The van der Waals surface area contributed by atoms with Crippen molar-refractivity contribution >= 4 is 11.6 Å². The molecule has 2 nitrogen and oxygen atoms in total. The van der Waals surface area contributed by atoms with Crippen molar-refractivity contribution in [1.29, 1.82) is 0 Å². The van der Waals surface area contributed by atoms with Crippen molar-refractivity contribution in [2.45, 2.75) is 13.8 Å². The summed E-state index contributed by atoms with van der Waals surface area (Å²) in [4.78, 5) is 0. The maximum atomic E-state index is 8.35. The Labute approximate surface area is 34.8 Å². The third kappa shape index (κ3) is 6010. The van der Waals surface area contributed by atoms with Gasteiger partial charge in [-0.3, -0.25) is 0 Å². The molecular weight excluding hydrogens is 88.1 g/mol. The van der Waals surface area contributed by atoms with Crippen LogP contribution >= 0.6 is 0 Å². The lowest BCUT2D eigenvalue weighted by Gasteiger charge is -1.27. The number of rotatable bonds is 0. The summed E-state index contributed by atoms with van der Waals surface area (Å²) in [5.74, 6) is 0. The second kappa shape index (κ2) is 38.1. The van der Waals surface area contributed by atoms with E-state index in [1.165, 1.54) is 0 Å². The molecule has 3 heteroatoms. The average molecular weight is 95.1 g/mol. The summed E-state index contributed by atoms with van der Waals surface area (Å²) in [5, 5.41) is 0. The molecule has 0 aromatic rings. The fraction of sp³-hybridized carbons (Fsp3) is 1.00. The van der Waals surface area contributed by atoms with Gasteiger partial charge in [-0.25, -0.2) is 0 Å². The minimum atomic E-state index is -1.08. The van der Waals surface area contributed by atoms with E-state index in [9.17, 15) is 0 Å². The first-order valence-corrected chi connectivity index (χ1v) is 2.10. The Morgan fingerprint density at radius 1 is 1.20 bits per heavy atom. The van der Waals surface area contributed by atoms with Crippen molar-refractivity contribution in [2.24, 2.45) is 0 Å². The predicted octanol–water partition coefficient (Wildman–Crippen LogP) is 0.518. The molecule has 34 valence electrons. The van der Waals surface area contributed by atoms with E-state index >= 15 is 0 Å². The minimum absolute atomic E-state index is 1.08. The molecule has 0 spiro atoms. The Balaban J connectivity index is 0. The summed E-state index contributed by atoms with van der Waals surface area (Å²) in [7, 11) is 0. The number of thiol groups is 1. The molecule has 0 aromatic carbocycles. The molecule has 0 aromatic heterocycles. The lowest BCUT2D eigenvalue weighted by atomic mass is 11.0. The quantitative estimate of drug-likeness (QED) is 0.324. The summed E-state index contributed by atoms with van der Waals surface area (Å²) in [5.41, 5.74) is 0. The third-order valence-corrected chi connectivity index (χ3v) is 0.